The van der Waals surface area contributed by atoms with Crippen LogP contribution in [0.1, 0.15) is 32.1 Å². The molecule has 1 aliphatic heterocycles. The number of nitrogens with zero attached hydrogens (tertiary/aromatic N) is 2. The highest BCUT2D eigenvalue weighted by atomic mass is 16.5. The summed E-state index contributed by atoms with van der Waals surface area (Å²) in [6.45, 7) is 3.41. The Balaban J connectivity index is 1.64. The summed E-state index contributed by atoms with van der Waals surface area (Å²) in [6, 6.07) is 0.382. The predicted octanol–water partition coefficient (Wildman–Crippen LogP) is 0.0822. The summed E-state index contributed by atoms with van der Waals surface area (Å²) in [7, 11) is 0. The zero-order valence-corrected chi connectivity index (χ0v) is 11.4. The van der Waals surface area contributed by atoms with E-state index < -0.39 is 0 Å². The fourth-order valence-corrected chi connectivity index (χ4v) is 2.53. The van der Waals surface area contributed by atoms with Crippen molar-refractivity contribution in [2.75, 3.05) is 32.8 Å². The van der Waals surface area contributed by atoms with Crippen molar-refractivity contribution in [3.05, 3.63) is 0 Å². The highest BCUT2D eigenvalue weighted by Crippen LogP contribution is 2.17. The van der Waals surface area contributed by atoms with Gasteiger partial charge in [0, 0.05) is 25.6 Å². The Bertz CT molecular complexity index is 321. The number of nitrogens with two attached hydrogens (primary N) is 1. The molecule has 2 fully saturated rings. The highest BCUT2D eigenvalue weighted by molar-refractivity contribution is 5.79. The monoisotopic (exact) mass is 268 g/mol. The van der Waals surface area contributed by atoms with E-state index in [9.17, 15) is 4.79 Å². The van der Waals surface area contributed by atoms with Crippen molar-refractivity contribution in [1.29, 1.82) is 0 Å². The molecule has 0 aromatic carbocycles. The van der Waals surface area contributed by atoms with Gasteiger partial charge >= 0.3 is 0 Å². The molecule has 3 N–H and O–H groups in total. The van der Waals surface area contributed by atoms with Crippen molar-refractivity contribution in [3.63, 3.8) is 0 Å². The number of morpholine rings is 1. The molecule has 1 saturated heterocycles. The van der Waals surface area contributed by atoms with Crippen LogP contribution in [0, 0.1) is 0 Å². The first kappa shape index (κ1) is 14.1. The van der Waals surface area contributed by atoms with Crippen molar-refractivity contribution >= 4 is 11.9 Å². The summed E-state index contributed by atoms with van der Waals surface area (Å²) in [6.07, 6.45) is 5.11. The minimum atomic E-state index is 0.0884. The van der Waals surface area contributed by atoms with Crippen LogP contribution in [0.4, 0.5) is 0 Å². The smallest absolute Gasteiger partial charge is 0.222 e. The molecule has 2 aliphatic rings. The van der Waals surface area contributed by atoms with Gasteiger partial charge in [-0.05, 0) is 12.8 Å². The lowest BCUT2D eigenvalue weighted by Gasteiger charge is -2.27. The Labute approximate surface area is 114 Å². The molecule has 0 bridgehead atoms. The van der Waals surface area contributed by atoms with Crippen LogP contribution in [-0.2, 0) is 9.53 Å². The molecular weight excluding hydrogens is 244 g/mol. The minimum absolute atomic E-state index is 0.0884. The first-order valence-corrected chi connectivity index (χ1v) is 7.17. The molecule has 0 unspecified atom stereocenters. The summed E-state index contributed by atoms with van der Waals surface area (Å²) in [5, 5.41) is 3.05. The average molecular weight is 268 g/mol. The molecule has 1 heterocycles. The van der Waals surface area contributed by atoms with Crippen LogP contribution in [0.5, 0.6) is 0 Å². The summed E-state index contributed by atoms with van der Waals surface area (Å²) in [5.41, 5.74) is 5.89. The Kier molecular flexibility index (Phi) is 5.44. The van der Waals surface area contributed by atoms with Gasteiger partial charge in [-0.25, -0.2) is 0 Å². The van der Waals surface area contributed by atoms with Gasteiger partial charge in [-0.15, -0.1) is 0 Å². The van der Waals surface area contributed by atoms with Crippen molar-refractivity contribution in [1.82, 2.24) is 10.2 Å². The molecule has 1 amide bonds. The van der Waals surface area contributed by atoms with Crippen LogP contribution in [0.15, 0.2) is 4.99 Å². The van der Waals surface area contributed by atoms with Crippen LogP contribution in [-0.4, -0.2) is 55.7 Å². The molecule has 2 rings (SSSR count). The van der Waals surface area contributed by atoms with E-state index in [0.29, 0.717) is 38.2 Å². The number of rotatable bonds is 4. The van der Waals surface area contributed by atoms with Gasteiger partial charge in [0.25, 0.3) is 0 Å². The number of amides is 1. The Morgan fingerprint density at radius 3 is 2.68 bits per heavy atom. The van der Waals surface area contributed by atoms with Gasteiger partial charge in [0.1, 0.15) is 0 Å². The van der Waals surface area contributed by atoms with Crippen molar-refractivity contribution < 1.29 is 9.53 Å². The average Bonchev–Trinajstić information content (AvgIpc) is 2.92. The third-order valence-corrected chi connectivity index (χ3v) is 3.67. The lowest BCUT2D eigenvalue weighted by atomic mass is 10.2. The molecule has 1 aliphatic carbocycles. The largest absolute Gasteiger partial charge is 0.378 e. The van der Waals surface area contributed by atoms with Gasteiger partial charge in [-0.2, -0.15) is 0 Å². The van der Waals surface area contributed by atoms with E-state index in [1.165, 1.54) is 12.8 Å². The van der Waals surface area contributed by atoms with Crippen molar-refractivity contribution in [3.8, 4) is 0 Å². The van der Waals surface area contributed by atoms with Crippen LogP contribution in [0.2, 0.25) is 0 Å². The molecule has 0 atom stereocenters. The Hall–Kier alpha value is -1.30. The van der Waals surface area contributed by atoms with E-state index in [2.05, 4.69) is 10.3 Å². The Morgan fingerprint density at radius 1 is 1.32 bits per heavy atom. The minimum Gasteiger partial charge on any atom is -0.378 e. The fraction of sp³-hybridized carbons (Fsp3) is 0.846. The van der Waals surface area contributed by atoms with Gasteiger partial charge in [0.05, 0.1) is 19.8 Å². The topological polar surface area (TPSA) is 79.9 Å². The Morgan fingerprint density at radius 2 is 2.00 bits per heavy atom. The number of carbonyl (C=O) groups excluding carboxylic acids is 1. The van der Waals surface area contributed by atoms with Crippen molar-refractivity contribution in [2.45, 2.75) is 38.1 Å². The van der Waals surface area contributed by atoms with E-state index in [0.717, 1.165) is 25.9 Å². The van der Waals surface area contributed by atoms with E-state index in [1.54, 1.807) is 0 Å². The first-order valence-electron chi connectivity index (χ1n) is 7.17. The molecular formula is C13H24N4O2. The second-order valence-electron chi connectivity index (χ2n) is 5.14. The zero-order valence-electron chi connectivity index (χ0n) is 11.4. The number of guanidine groups is 1. The first-order chi connectivity index (χ1) is 9.25. The fourth-order valence-electron chi connectivity index (χ4n) is 2.53. The summed E-state index contributed by atoms with van der Waals surface area (Å²) in [5.74, 6) is 0.613. The molecule has 19 heavy (non-hydrogen) atoms. The van der Waals surface area contributed by atoms with Gasteiger partial charge in [-0.3, -0.25) is 9.79 Å². The van der Waals surface area contributed by atoms with Crippen LogP contribution in [0.25, 0.3) is 0 Å². The predicted molar refractivity (Wildman–Crippen MR) is 73.9 cm³/mol. The molecule has 6 nitrogen and oxygen atoms in total. The van der Waals surface area contributed by atoms with Gasteiger partial charge in [0.15, 0.2) is 5.96 Å². The van der Waals surface area contributed by atoms with Gasteiger partial charge in [0.2, 0.25) is 5.91 Å². The molecule has 0 spiro atoms. The van der Waals surface area contributed by atoms with E-state index >= 15 is 0 Å². The molecule has 0 radical (unpaired) electrons. The van der Waals surface area contributed by atoms with E-state index in [-0.39, 0.29) is 5.91 Å². The lowest BCUT2D eigenvalue weighted by molar-refractivity contribution is -0.121. The number of carbonyl (C=O) groups is 1. The number of hydrogen-bond acceptors (Lipinski definition) is 3. The van der Waals surface area contributed by atoms with Gasteiger partial charge < -0.3 is 20.7 Å². The lowest BCUT2D eigenvalue weighted by Crippen LogP contribution is -2.45. The second kappa shape index (κ2) is 7.33. The summed E-state index contributed by atoms with van der Waals surface area (Å²) in [4.78, 5) is 18.0. The van der Waals surface area contributed by atoms with Crippen LogP contribution < -0.4 is 11.1 Å². The van der Waals surface area contributed by atoms with Gasteiger partial charge in [-0.1, -0.05) is 12.8 Å². The number of ether oxygens (including phenoxy) is 1. The number of nitrogens with one attached hydrogen (secondary N) is 1. The maximum atomic E-state index is 11.7. The third-order valence-electron chi connectivity index (χ3n) is 3.67. The molecule has 6 heteroatoms. The normalized spacial score (nSPS) is 21.7. The standard InChI is InChI=1S/C13H24N4O2/c14-13(17-7-9-19-10-8-17)15-6-5-12(18)16-11-3-1-2-4-11/h11H,1-10H2,(H2,14,15)(H,16,18). The summed E-state index contributed by atoms with van der Waals surface area (Å²) < 4.78 is 5.25. The van der Waals surface area contributed by atoms with E-state index in [4.69, 9.17) is 10.5 Å². The SMILES string of the molecule is NC(=NCCC(=O)NC1CCCC1)N1CCOCC1. The molecule has 0 aromatic rings. The quantitative estimate of drug-likeness (QED) is 0.559. The maximum Gasteiger partial charge on any atom is 0.222 e. The van der Waals surface area contributed by atoms with E-state index in [1.807, 2.05) is 4.90 Å². The molecule has 108 valence electrons. The number of hydrogen-bond donors (Lipinski definition) is 2. The van der Waals surface area contributed by atoms with Crippen molar-refractivity contribution in [2.24, 2.45) is 10.7 Å². The van der Waals surface area contributed by atoms with Crippen LogP contribution in [0.3, 0.4) is 0 Å². The molecule has 0 aromatic heterocycles. The zero-order chi connectivity index (χ0) is 13.5. The highest BCUT2D eigenvalue weighted by Gasteiger charge is 2.17. The van der Waals surface area contributed by atoms with Crippen LogP contribution >= 0.6 is 0 Å². The molecule has 1 saturated carbocycles. The number of aliphatic imine (C=N–C) groups is 1. The maximum absolute atomic E-state index is 11.7. The summed E-state index contributed by atoms with van der Waals surface area (Å²) >= 11 is 0. The second-order valence-corrected chi connectivity index (χ2v) is 5.14. The third kappa shape index (κ3) is 4.70.